The summed E-state index contributed by atoms with van der Waals surface area (Å²) in [5.41, 5.74) is 2.57. The molecule has 0 radical (unpaired) electrons. The van der Waals surface area contributed by atoms with Crippen LogP contribution in [0.4, 0.5) is 5.69 Å². The minimum absolute atomic E-state index is 0.134. The molecule has 1 N–H and O–H groups in total. The molecule has 108 valence electrons. The highest BCUT2D eigenvalue weighted by molar-refractivity contribution is 6.31. The van der Waals surface area contributed by atoms with Crippen LogP contribution in [0, 0.1) is 11.3 Å². The van der Waals surface area contributed by atoms with Crippen molar-refractivity contribution in [2.75, 3.05) is 11.4 Å². The molecule has 0 aliphatic rings. The number of aliphatic hydroxyl groups excluding tert-OH is 1. The van der Waals surface area contributed by atoms with E-state index in [0.29, 0.717) is 30.1 Å². The van der Waals surface area contributed by atoms with Crippen molar-refractivity contribution < 1.29 is 5.11 Å². The Morgan fingerprint density at radius 3 is 2.81 bits per heavy atom. The van der Waals surface area contributed by atoms with E-state index in [9.17, 15) is 5.11 Å². The predicted octanol–water partition coefficient (Wildman–Crippen LogP) is 3.15. The number of rotatable bonds is 6. The summed E-state index contributed by atoms with van der Waals surface area (Å²) in [6.07, 6.45) is 3.92. The van der Waals surface area contributed by atoms with Crippen molar-refractivity contribution in [1.82, 2.24) is 4.98 Å². The number of hydrogen-bond acceptors (Lipinski definition) is 4. The smallest absolute Gasteiger partial charge is 0.0716 e. The van der Waals surface area contributed by atoms with Crippen molar-refractivity contribution in [3.05, 3.63) is 58.9 Å². The maximum atomic E-state index is 9.55. The Balaban J connectivity index is 2.32. The largest absolute Gasteiger partial charge is 0.392 e. The van der Waals surface area contributed by atoms with Crippen LogP contribution >= 0.6 is 11.6 Å². The zero-order valence-electron chi connectivity index (χ0n) is 11.5. The number of hydrogen-bond donors (Lipinski definition) is 1. The molecule has 0 aliphatic carbocycles. The maximum absolute atomic E-state index is 9.55. The second-order valence-electron chi connectivity index (χ2n) is 4.59. The van der Waals surface area contributed by atoms with Gasteiger partial charge in [-0.05, 0) is 23.8 Å². The Morgan fingerprint density at radius 1 is 1.29 bits per heavy atom. The Bertz CT molecular complexity index is 625. The van der Waals surface area contributed by atoms with Crippen LogP contribution in [0.2, 0.25) is 5.02 Å². The van der Waals surface area contributed by atoms with Gasteiger partial charge in [-0.2, -0.15) is 5.26 Å². The normalized spacial score (nSPS) is 10.1. The Kier molecular flexibility index (Phi) is 5.56. The van der Waals surface area contributed by atoms with Crippen LogP contribution in [0.3, 0.4) is 0 Å². The molecule has 21 heavy (non-hydrogen) atoms. The molecule has 0 fully saturated rings. The van der Waals surface area contributed by atoms with E-state index in [2.05, 4.69) is 11.1 Å². The van der Waals surface area contributed by atoms with Gasteiger partial charge in [-0.25, -0.2) is 0 Å². The first-order valence-electron chi connectivity index (χ1n) is 6.65. The molecule has 0 unspecified atom stereocenters. The molecule has 0 bridgehead atoms. The van der Waals surface area contributed by atoms with Crippen LogP contribution in [0.25, 0.3) is 0 Å². The summed E-state index contributed by atoms with van der Waals surface area (Å²) in [7, 11) is 0. The van der Waals surface area contributed by atoms with Gasteiger partial charge in [0.1, 0.15) is 0 Å². The van der Waals surface area contributed by atoms with Crippen LogP contribution in [-0.2, 0) is 13.2 Å². The van der Waals surface area contributed by atoms with E-state index < -0.39 is 0 Å². The van der Waals surface area contributed by atoms with Gasteiger partial charge in [0.2, 0.25) is 0 Å². The number of anilines is 1. The fraction of sp³-hybridized carbons (Fsp3) is 0.250. The number of halogens is 1. The van der Waals surface area contributed by atoms with Crippen molar-refractivity contribution >= 4 is 17.3 Å². The highest BCUT2D eigenvalue weighted by Gasteiger charge is 2.13. The average molecular weight is 302 g/mol. The number of pyridine rings is 1. The van der Waals surface area contributed by atoms with E-state index in [1.165, 1.54) is 0 Å². The van der Waals surface area contributed by atoms with Gasteiger partial charge in [-0.3, -0.25) is 4.98 Å². The lowest BCUT2D eigenvalue weighted by molar-refractivity contribution is 0.282. The van der Waals surface area contributed by atoms with Gasteiger partial charge in [0.25, 0.3) is 0 Å². The standard InChI is InChI=1S/C16H16ClN3O/c17-15-5-1-6-16(14(15)12-21)20(9-3-7-18)11-13-4-2-8-19-10-13/h1-2,4-6,8,10,21H,3,9,11-12H2. The minimum atomic E-state index is -0.134. The molecular formula is C16H16ClN3O. The van der Waals surface area contributed by atoms with Crippen molar-refractivity contribution in [2.45, 2.75) is 19.6 Å². The van der Waals surface area contributed by atoms with E-state index in [0.717, 1.165) is 11.3 Å². The Labute approximate surface area is 129 Å². The number of nitrogens with zero attached hydrogens (tertiary/aromatic N) is 3. The van der Waals surface area contributed by atoms with Gasteiger partial charge in [-0.1, -0.05) is 23.7 Å². The molecule has 1 heterocycles. The highest BCUT2D eigenvalue weighted by Crippen LogP contribution is 2.28. The number of aliphatic hydroxyl groups is 1. The molecule has 0 spiro atoms. The van der Waals surface area contributed by atoms with Crippen LogP contribution in [0.1, 0.15) is 17.5 Å². The highest BCUT2D eigenvalue weighted by atomic mass is 35.5. The Hall–Kier alpha value is -2.09. The van der Waals surface area contributed by atoms with Crippen LogP contribution in [-0.4, -0.2) is 16.6 Å². The van der Waals surface area contributed by atoms with Gasteiger partial charge in [0.15, 0.2) is 0 Å². The third-order valence-electron chi connectivity index (χ3n) is 3.18. The molecule has 2 rings (SSSR count). The maximum Gasteiger partial charge on any atom is 0.0716 e. The quantitative estimate of drug-likeness (QED) is 0.890. The lowest BCUT2D eigenvalue weighted by atomic mass is 10.1. The van der Waals surface area contributed by atoms with E-state index in [1.54, 1.807) is 18.5 Å². The second kappa shape index (κ2) is 7.63. The lowest BCUT2D eigenvalue weighted by Crippen LogP contribution is -2.25. The number of nitriles is 1. The summed E-state index contributed by atoms with van der Waals surface area (Å²) in [5, 5.41) is 18.9. The molecule has 1 aromatic heterocycles. The van der Waals surface area contributed by atoms with Gasteiger partial charge in [0, 0.05) is 41.8 Å². The lowest BCUT2D eigenvalue weighted by Gasteiger charge is -2.26. The monoisotopic (exact) mass is 301 g/mol. The summed E-state index contributed by atoms with van der Waals surface area (Å²) in [6, 6.07) is 11.5. The summed E-state index contributed by atoms with van der Waals surface area (Å²) in [6.45, 7) is 1.05. The Morgan fingerprint density at radius 2 is 2.14 bits per heavy atom. The van der Waals surface area contributed by atoms with Crippen molar-refractivity contribution in [2.24, 2.45) is 0 Å². The zero-order chi connectivity index (χ0) is 15.1. The van der Waals surface area contributed by atoms with Crippen LogP contribution in [0.15, 0.2) is 42.7 Å². The predicted molar refractivity (Wildman–Crippen MR) is 82.9 cm³/mol. The molecule has 0 saturated carbocycles. The molecule has 0 aliphatic heterocycles. The minimum Gasteiger partial charge on any atom is -0.392 e. The summed E-state index contributed by atoms with van der Waals surface area (Å²) >= 11 is 6.15. The fourth-order valence-electron chi connectivity index (χ4n) is 2.18. The summed E-state index contributed by atoms with van der Waals surface area (Å²) < 4.78 is 0. The average Bonchev–Trinajstić information content (AvgIpc) is 2.52. The van der Waals surface area contributed by atoms with Gasteiger partial charge in [0.05, 0.1) is 19.1 Å². The molecule has 2 aromatic rings. The zero-order valence-corrected chi connectivity index (χ0v) is 12.3. The molecule has 1 aromatic carbocycles. The first kappa shape index (κ1) is 15.3. The third kappa shape index (κ3) is 3.94. The molecule has 4 nitrogen and oxygen atoms in total. The van der Waals surface area contributed by atoms with Crippen molar-refractivity contribution in [3.8, 4) is 6.07 Å². The van der Waals surface area contributed by atoms with E-state index in [-0.39, 0.29) is 6.61 Å². The van der Waals surface area contributed by atoms with Crippen LogP contribution < -0.4 is 4.90 Å². The van der Waals surface area contributed by atoms with Crippen LogP contribution in [0.5, 0.6) is 0 Å². The fourth-order valence-corrected chi connectivity index (χ4v) is 2.41. The van der Waals surface area contributed by atoms with E-state index in [4.69, 9.17) is 16.9 Å². The summed E-state index contributed by atoms with van der Waals surface area (Å²) in [5.74, 6) is 0. The van der Waals surface area contributed by atoms with E-state index in [1.807, 2.05) is 29.2 Å². The molecule has 0 saturated heterocycles. The molecule has 0 atom stereocenters. The van der Waals surface area contributed by atoms with Crippen molar-refractivity contribution in [1.29, 1.82) is 5.26 Å². The molecule has 5 heteroatoms. The first-order chi connectivity index (χ1) is 10.3. The summed E-state index contributed by atoms with van der Waals surface area (Å²) in [4.78, 5) is 6.14. The second-order valence-corrected chi connectivity index (χ2v) is 4.99. The first-order valence-corrected chi connectivity index (χ1v) is 7.03. The SMILES string of the molecule is N#CCCN(Cc1cccnc1)c1cccc(Cl)c1CO. The molecule has 0 amide bonds. The topological polar surface area (TPSA) is 60.2 Å². The van der Waals surface area contributed by atoms with Crippen molar-refractivity contribution in [3.63, 3.8) is 0 Å². The van der Waals surface area contributed by atoms with Gasteiger partial charge in [-0.15, -0.1) is 0 Å². The van der Waals surface area contributed by atoms with Gasteiger partial charge < -0.3 is 10.0 Å². The molecular weight excluding hydrogens is 286 g/mol. The van der Waals surface area contributed by atoms with E-state index >= 15 is 0 Å². The number of benzene rings is 1. The van der Waals surface area contributed by atoms with Gasteiger partial charge >= 0.3 is 0 Å². The third-order valence-corrected chi connectivity index (χ3v) is 3.54. The number of aromatic nitrogens is 1.